The molecule has 0 unspecified atom stereocenters. The zero-order chi connectivity index (χ0) is 21.8. The van der Waals surface area contributed by atoms with Crippen LogP contribution < -0.4 is 10.7 Å². The average Bonchev–Trinajstić information content (AvgIpc) is 2.74. The van der Waals surface area contributed by atoms with Crippen molar-refractivity contribution >= 4 is 29.4 Å². The van der Waals surface area contributed by atoms with Crippen LogP contribution in [-0.2, 0) is 4.79 Å². The molecule has 158 valence electrons. The van der Waals surface area contributed by atoms with E-state index in [4.69, 9.17) is 0 Å². The maximum Gasteiger partial charge on any atom is 0.271 e. The van der Waals surface area contributed by atoms with E-state index in [0.29, 0.717) is 23.2 Å². The van der Waals surface area contributed by atoms with Gasteiger partial charge in [-0.1, -0.05) is 44.7 Å². The predicted molar refractivity (Wildman–Crippen MR) is 117 cm³/mol. The fourth-order valence-corrected chi connectivity index (χ4v) is 2.77. The predicted octanol–water partition coefficient (Wildman–Crippen LogP) is 4.66. The van der Waals surface area contributed by atoms with E-state index < -0.39 is 10.8 Å². The van der Waals surface area contributed by atoms with Gasteiger partial charge in [-0.2, -0.15) is 5.10 Å². The van der Waals surface area contributed by atoms with Gasteiger partial charge in [0.15, 0.2) is 0 Å². The van der Waals surface area contributed by atoms with Gasteiger partial charge in [-0.3, -0.25) is 19.7 Å². The molecule has 2 aromatic rings. The topological polar surface area (TPSA) is 114 Å². The van der Waals surface area contributed by atoms with E-state index >= 15 is 0 Å². The molecule has 30 heavy (non-hydrogen) atoms. The summed E-state index contributed by atoms with van der Waals surface area (Å²) in [4.78, 5) is 34.4. The molecule has 2 amide bonds. The van der Waals surface area contributed by atoms with Crippen LogP contribution in [-0.4, -0.2) is 23.0 Å². The van der Waals surface area contributed by atoms with Crippen LogP contribution in [0.4, 0.5) is 11.4 Å². The van der Waals surface area contributed by atoms with Gasteiger partial charge >= 0.3 is 0 Å². The number of rotatable bonds is 11. The van der Waals surface area contributed by atoms with Crippen LogP contribution >= 0.6 is 0 Å². The summed E-state index contributed by atoms with van der Waals surface area (Å²) in [6.07, 6.45) is 7.26. The number of amides is 2. The molecule has 0 aromatic heterocycles. The summed E-state index contributed by atoms with van der Waals surface area (Å²) >= 11 is 0. The molecular formula is C22H26N4O4. The summed E-state index contributed by atoms with van der Waals surface area (Å²) in [6.45, 7) is 2.15. The highest BCUT2D eigenvalue weighted by molar-refractivity contribution is 5.96. The Hall–Kier alpha value is -3.55. The van der Waals surface area contributed by atoms with Gasteiger partial charge in [0.05, 0.1) is 11.1 Å². The largest absolute Gasteiger partial charge is 0.326 e. The highest BCUT2D eigenvalue weighted by atomic mass is 16.6. The van der Waals surface area contributed by atoms with E-state index in [0.717, 1.165) is 19.3 Å². The summed E-state index contributed by atoms with van der Waals surface area (Å²) in [7, 11) is 0. The molecule has 2 N–H and O–H groups in total. The lowest BCUT2D eigenvalue weighted by Crippen LogP contribution is -2.17. The lowest BCUT2D eigenvalue weighted by molar-refractivity contribution is -0.384. The van der Waals surface area contributed by atoms with Gasteiger partial charge in [0.1, 0.15) is 0 Å². The van der Waals surface area contributed by atoms with E-state index in [-0.39, 0.29) is 11.6 Å². The molecule has 0 fully saturated rings. The fourth-order valence-electron chi connectivity index (χ4n) is 2.77. The molecule has 0 bridgehead atoms. The van der Waals surface area contributed by atoms with Crippen LogP contribution in [0.3, 0.4) is 0 Å². The molecule has 0 aliphatic carbocycles. The molecule has 0 aliphatic rings. The van der Waals surface area contributed by atoms with Gasteiger partial charge in [-0.25, -0.2) is 5.43 Å². The maximum atomic E-state index is 12.2. The summed E-state index contributed by atoms with van der Waals surface area (Å²) in [6, 6.07) is 12.4. The Kier molecular flexibility index (Phi) is 9.18. The number of hydrogen-bond acceptors (Lipinski definition) is 5. The molecule has 0 spiro atoms. The molecule has 0 aliphatic heterocycles. The Morgan fingerprint density at radius 2 is 1.80 bits per heavy atom. The molecule has 8 heteroatoms. The van der Waals surface area contributed by atoms with Gasteiger partial charge in [0.2, 0.25) is 5.91 Å². The van der Waals surface area contributed by atoms with E-state index in [1.165, 1.54) is 31.2 Å². The minimum absolute atomic E-state index is 0.0368. The van der Waals surface area contributed by atoms with Crippen LogP contribution in [0.5, 0.6) is 0 Å². The van der Waals surface area contributed by atoms with E-state index in [1.54, 1.807) is 36.4 Å². The first-order valence-electron chi connectivity index (χ1n) is 9.97. The van der Waals surface area contributed by atoms with Gasteiger partial charge in [-0.15, -0.1) is 0 Å². The summed E-state index contributed by atoms with van der Waals surface area (Å²) < 4.78 is 0. The summed E-state index contributed by atoms with van der Waals surface area (Å²) in [5.41, 5.74) is 3.83. The number of unbranched alkanes of at least 4 members (excludes halogenated alkanes) is 4. The van der Waals surface area contributed by atoms with Gasteiger partial charge < -0.3 is 5.32 Å². The van der Waals surface area contributed by atoms with Crippen molar-refractivity contribution in [1.29, 1.82) is 0 Å². The molecule has 8 nitrogen and oxygen atoms in total. The Labute approximate surface area is 175 Å². The van der Waals surface area contributed by atoms with Crippen molar-refractivity contribution in [3.05, 3.63) is 69.8 Å². The summed E-state index contributed by atoms with van der Waals surface area (Å²) in [5, 5.41) is 17.4. The third kappa shape index (κ3) is 7.83. The molecule has 0 saturated heterocycles. The number of nitro groups is 1. The Morgan fingerprint density at radius 3 is 2.50 bits per heavy atom. The maximum absolute atomic E-state index is 12.2. The quantitative estimate of drug-likeness (QED) is 0.243. The van der Waals surface area contributed by atoms with Gasteiger partial charge in [-0.05, 0) is 30.7 Å². The third-order valence-electron chi connectivity index (χ3n) is 4.40. The highest BCUT2D eigenvalue weighted by Gasteiger charge is 2.07. The molecule has 0 saturated carbocycles. The van der Waals surface area contributed by atoms with Gasteiger partial charge in [0.25, 0.3) is 11.6 Å². The number of nitro benzene ring substituents is 1. The Balaban J connectivity index is 1.81. The normalized spacial score (nSPS) is 10.7. The standard InChI is InChI=1S/C22H26N4O4/c1-2-3-4-5-6-10-21(27)24-19-13-11-18(12-14-19)22(28)25-23-16-17-8-7-9-20(15-17)26(29)30/h7-9,11-16H,2-6,10H2,1H3,(H,24,27)(H,25,28). The zero-order valence-corrected chi connectivity index (χ0v) is 17.0. The fraction of sp³-hybridized carbons (Fsp3) is 0.318. The number of nitrogens with one attached hydrogen (secondary N) is 2. The Bertz CT molecular complexity index is 894. The number of carbonyl (C=O) groups is 2. The minimum Gasteiger partial charge on any atom is -0.326 e. The van der Waals surface area contributed by atoms with Crippen molar-refractivity contribution in [2.24, 2.45) is 5.10 Å². The summed E-state index contributed by atoms with van der Waals surface area (Å²) in [5.74, 6) is -0.462. The highest BCUT2D eigenvalue weighted by Crippen LogP contribution is 2.13. The lowest BCUT2D eigenvalue weighted by atomic mass is 10.1. The lowest BCUT2D eigenvalue weighted by Gasteiger charge is -2.06. The van der Waals surface area contributed by atoms with Crippen molar-refractivity contribution in [2.75, 3.05) is 5.32 Å². The molecule has 2 rings (SSSR count). The van der Waals surface area contributed by atoms with Crippen molar-refractivity contribution in [1.82, 2.24) is 5.43 Å². The van der Waals surface area contributed by atoms with E-state index in [9.17, 15) is 19.7 Å². The van der Waals surface area contributed by atoms with Crippen LogP contribution in [0.2, 0.25) is 0 Å². The van der Waals surface area contributed by atoms with Crippen LogP contribution in [0, 0.1) is 10.1 Å². The number of hydrogen-bond donors (Lipinski definition) is 2. The number of carbonyl (C=O) groups excluding carboxylic acids is 2. The molecule has 0 radical (unpaired) electrons. The number of hydrazone groups is 1. The monoisotopic (exact) mass is 410 g/mol. The second kappa shape index (κ2) is 12.1. The van der Waals surface area contributed by atoms with E-state index in [1.807, 2.05) is 0 Å². The molecule has 2 aromatic carbocycles. The SMILES string of the molecule is CCCCCCCC(=O)Nc1ccc(C(=O)NN=Cc2cccc([N+](=O)[O-])c2)cc1. The van der Waals surface area contributed by atoms with Gasteiger partial charge in [0, 0.05) is 35.4 Å². The van der Waals surface area contributed by atoms with Crippen LogP contribution in [0.1, 0.15) is 61.4 Å². The number of nitrogens with zero attached hydrogens (tertiary/aromatic N) is 2. The Morgan fingerprint density at radius 1 is 1.07 bits per heavy atom. The zero-order valence-electron chi connectivity index (χ0n) is 17.0. The first-order valence-corrected chi connectivity index (χ1v) is 9.97. The number of non-ortho nitro benzene ring substituents is 1. The minimum atomic E-state index is -0.497. The smallest absolute Gasteiger partial charge is 0.271 e. The first-order chi connectivity index (χ1) is 14.5. The average molecular weight is 410 g/mol. The second-order valence-corrected chi connectivity index (χ2v) is 6.84. The van der Waals surface area contributed by atoms with Crippen LogP contribution in [0.25, 0.3) is 0 Å². The number of benzene rings is 2. The molecule has 0 heterocycles. The number of anilines is 1. The third-order valence-corrected chi connectivity index (χ3v) is 4.40. The van der Waals surface area contributed by atoms with Crippen molar-refractivity contribution in [3.63, 3.8) is 0 Å². The van der Waals surface area contributed by atoms with Crippen molar-refractivity contribution in [3.8, 4) is 0 Å². The molecule has 0 atom stereocenters. The van der Waals surface area contributed by atoms with Crippen molar-refractivity contribution in [2.45, 2.75) is 45.4 Å². The van der Waals surface area contributed by atoms with E-state index in [2.05, 4.69) is 22.8 Å². The first kappa shape index (κ1) is 22.7. The second-order valence-electron chi connectivity index (χ2n) is 6.84. The van der Waals surface area contributed by atoms with Crippen molar-refractivity contribution < 1.29 is 14.5 Å². The van der Waals surface area contributed by atoms with Crippen LogP contribution in [0.15, 0.2) is 53.6 Å². The molecular weight excluding hydrogens is 384 g/mol.